The van der Waals surface area contributed by atoms with Gasteiger partial charge in [0.25, 0.3) is 0 Å². The maximum atomic E-state index is 5.09. The predicted octanol–water partition coefficient (Wildman–Crippen LogP) is 13.9. The van der Waals surface area contributed by atoms with E-state index in [-0.39, 0.29) is 0 Å². The Labute approximate surface area is 346 Å². The third-order valence-electron chi connectivity index (χ3n) is 11.7. The SMILES string of the molecule is c1ccc(-c2ccc(-n3c4ccccc4c4c5c6ccc7ccccc7c6n(-c6cccc(-c7nc(-c8ccccc8)nc(-c8ccccc8)n7)c6)c5ccc43)cc2)cc1. The highest BCUT2D eigenvalue weighted by atomic mass is 15.0. The molecule has 9 aromatic carbocycles. The van der Waals surface area contributed by atoms with Crippen LogP contribution >= 0.6 is 0 Å². The van der Waals surface area contributed by atoms with Crippen LogP contribution in [-0.4, -0.2) is 24.1 Å². The topological polar surface area (TPSA) is 48.5 Å². The molecule has 0 amide bonds. The average Bonchev–Trinajstić information content (AvgIpc) is 3.86. The lowest BCUT2D eigenvalue weighted by molar-refractivity contribution is 1.07. The number of hydrogen-bond donors (Lipinski definition) is 0. The van der Waals surface area contributed by atoms with Crippen LogP contribution in [0.15, 0.2) is 212 Å². The minimum absolute atomic E-state index is 0.624. The lowest BCUT2D eigenvalue weighted by Crippen LogP contribution is -2.01. The summed E-state index contributed by atoms with van der Waals surface area (Å²) in [7, 11) is 0. The van der Waals surface area contributed by atoms with E-state index in [1.807, 2.05) is 60.7 Å². The quantitative estimate of drug-likeness (QED) is 0.169. The van der Waals surface area contributed by atoms with Gasteiger partial charge < -0.3 is 9.13 Å². The normalized spacial score (nSPS) is 11.7. The van der Waals surface area contributed by atoms with Gasteiger partial charge in [0.15, 0.2) is 17.5 Å². The summed E-state index contributed by atoms with van der Waals surface area (Å²) in [6.07, 6.45) is 0. The number of para-hydroxylation sites is 1. The van der Waals surface area contributed by atoms with Gasteiger partial charge in [-0.05, 0) is 59.0 Å². The molecular formula is C55H35N5. The van der Waals surface area contributed by atoms with Crippen molar-refractivity contribution in [2.24, 2.45) is 0 Å². The number of fused-ring (bicyclic) bond motifs is 9. The smallest absolute Gasteiger partial charge is 0.164 e. The maximum absolute atomic E-state index is 5.09. The molecule has 0 radical (unpaired) electrons. The largest absolute Gasteiger partial charge is 0.309 e. The van der Waals surface area contributed by atoms with E-state index in [1.165, 1.54) is 60.0 Å². The van der Waals surface area contributed by atoms with Crippen molar-refractivity contribution in [1.82, 2.24) is 24.1 Å². The van der Waals surface area contributed by atoms with E-state index < -0.39 is 0 Å². The molecule has 60 heavy (non-hydrogen) atoms. The summed E-state index contributed by atoms with van der Waals surface area (Å²) in [5, 5.41) is 7.29. The van der Waals surface area contributed by atoms with Crippen molar-refractivity contribution in [3.05, 3.63) is 212 Å². The highest BCUT2D eigenvalue weighted by molar-refractivity contribution is 6.31. The highest BCUT2D eigenvalue weighted by Crippen LogP contribution is 2.44. The third kappa shape index (κ3) is 5.44. The fourth-order valence-electron chi connectivity index (χ4n) is 9.03. The Kier molecular flexibility index (Phi) is 7.78. The van der Waals surface area contributed by atoms with Crippen molar-refractivity contribution in [3.8, 4) is 56.7 Å². The molecular weight excluding hydrogens is 731 g/mol. The van der Waals surface area contributed by atoms with Gasteiger partial charge in [-0.2, -0.15) is 0 Å². The molecule has 0 bridgehead atoms. The van der Waals surface area contributed by atoms with Gasteiger partial charge in [0.2, 0.25) is 0 Å². The van der Waals surface area contributed by atoms with Crippen molar-refractivity contribution in [2.45, 2.75) is 0 Å². The zero-order valence-electron chi connectivity index (χ0n) is 32.4. The fourth-order valence-corrected chi connectivity index (χ4v) is 9.03. The van der Waals surface area contributed by atoms with Crippen molar-refractivity contribution < 1.29 is 0 Å². The summed E-state index contributed by atoms with van der Waals surface area (Å²) in [6, 6.07) is 75.1. The first-order valence-electron chi connectivity index (χ1n) is 20.3. The van der Waals surface area contributed by atoms with Gasteiger partial charge in [-0.25, -0.2) is 15.0 Å². The third-order valence-corrected chi connectivity index (χ3v) is 11.7. The second-order valence-corrected chi connectivity index (χ2v) is 15.2. The molecule has 0 fully saturated rings. The van der Waals surface area contributed by atoms with Gasteiger partial charge in [0, 0.05) is 55.0 Å². The number of rotatable bonds is 6. The fraction of sp³-hybridized carbons (Fsp3) is 0. The van der Waals surface area contributed by atoms with Crippen LogP contribution in [-0.2, 0) is 0 Å². The molecule has 12 rings (SSSR count). The Bertz CT molecular complexity index is 3510. The Morgan fingerprint density at radius 2 is 0.800 bits per heavy atom. The van der Waals surface area contributed by atoms with Gasteiger partial charge in [0.05, 0.1) is 22.1 Å². The van der Waals surface area contributed by atoms with Gasteiger partial charge in [-0.15, -0.1) is 0 Å². The lowest BCUT2D eigenvalue weighted by atomic mass is 10.0. The molecule has 0 atom stereocenters. The van der Waals surface area contributed by atoms with Crippen LogP contribution in [0.2, 0.25) is 0 Å². The second kappa shape index (κ2) is 13.8. The van der Waals surface area contributed by atoms with E-state index in [9.17, 15) is 0 Å². The van der Waals surface area contributed by atoms with Crippen LogP contribution in [0, 0.1) is 0 Å². The molecule has 5 nitrogen and oxygen atoms in total. The van der Waals surface area contributed by atoms with Crippen LogP contribution in [0.3, 0.4) is 0 Å². The Balaban J connectivity index is 1.11. The first kappa shape index (κ1) is 33.9. The Morgan fingerprint density at radius 3 is 1.48 bits per heavy atom. The number of hydrogen-bond acceptors (Lipinski definition) is 3. The molecule has 0 saturated carbocycles. The summed E-state index contributed by atoms with van der Waals surface area (Å²) in [5.74, 6) is 1.90. The van der Waals surface area contributed by atoms with Crippen molar-refractivity contribution in [3.63, 3.8) is 0 Å². The van der Waals surface area contributed by atoms with E-state index >= 15 is 0 Å². The van der Waals surface area contributed by atoms with Gasteiger partial charge in [0.1, 0.15) is 0 Å². The molecule has 3 aromatic heterocycles. The highest BCUT2D eigenvalue weighted by Gasteiger charge is 2.22. The standard InChI is InChI=1S/C55H35N5/c1-4-15-36(16-5-1)37-27-30-42(31-28-37)59-47-26-13-12-25-45(47)50-48(59)33-34-49-51(50)46-32-29-38-17-10-11-24-44(38)52(46)60(49)43-23-14-22-41(35-43)55-57-53(39-18-6-2-7-19-39)56-54(58-55)40-20-8-3-9-21-40/h1-35H. The molecule has 0 spiro atoms. The summed E-state index contributed by atoms with van der Waals surface area (Å²) in [6.45, 7) is 0. The van der Waals surface area contributed by atoms with Crippen LogP contribution in [0.4, 0.5) is 0 Å². The van der Waals surface area contributed by atoms with E-state index in [0.29, 0.717) is 17.5 Å². The molecule has 0 N–H and O–H groups in total. The number of aromatic nitrogens is 5. The summed E-state index contributed by atoms with van der Waals surface area (Å²) < 4.78 is 4.85. The van der Waals surface area contributed by atoms with Gasteiger partial charge in [-0.3, -0.25) is 0 Å². The Hall–Kier alpha value is -8.15. The molecule has 0 aliphatic rings. The Morgan fingerprint density at radius 1 is 0.283 bits per heavy atom. The zero-order valence-corrected chi connectivity index (χ0v) is 32.4. The van der Waals surface area contributed by atoms with Gasteiger partial charge in [-0.1, -0.05) is 170 Å². The minimum Gasteiger partial charge on any atom is -0.309 e. The summed E-state index contributed by atoms with van der Waals surface area (Å²) in [5.41, 5.74) is 12.0. The summed E-state index contributed by atoms with van der Waals surface area (Å²) >= 11 is 0. The molecule has 5 heteroatoms. The molecule has 280 valence electrons. The van der Waals surface area contributed by atoms with Crippen LogP contribution in [0.5, 0.6) is 0 Å². The molecule has 0 saturated heterocycles. The predicted molar refractivity (Wildman–Crippen MR) is 248 cm³/mol. The van der Waals surface area contributed by atoms with Crippen LogP contribution in [0.25, 0.3) is 111 Å². The average molecular weight is 766 g/mol. The first-order valence-corrected chi connectivity index (χ1v) is 20.3. The molecule has 0 aliphatic carbocycles. The number of benzene rings is 9. The lowest BCUT2D eigenvalue weighted by Gasteiger charge is -2.13. The number of nitrogens with zero attached hydrogens (tertiary/aromatic N) is 5. The van der Waals surface area contributed by atoms with E-state index in [0.717, 1.165) is 33.6 Å². The van der Waals surface area contributed by atoms with Crippen molar-refractivity contribution in [2.75, 3.05) is 0 Å². The molecule has 3 heterocycles. The van der Waals surface area contributed by atoms with Crippen molar-refractivity contribution in [1.29, 1.82) is 0 Å². The van der Waals surface area contributed by atoms with Gasteiger partial charge >= 0.3 is 0 Å². The molecule has 12 aromatic rings. The zero-order chi connectivity index (χ0) is 39.6. The minimum atomic E-state index is 0.624. The van der Waals surface area contributed by atoms with Crippen LogP contribution < -0.4 is 0 Å². The van der Waals surface area contributed by atoms with Crippen molar-refractivity contribution >= 4 is 54.4 Å². The van der Waals surface area contributed by atoms with E-state index in [1.54, 1.807) is 0 Å². The monoisotopic (exact) mass is 765 g/mol. The second-order valence-electron chi connectivity index (χ2n) is 15.2. The van der Waals surface area contributed by atoms with E-state index in [4.69, 9.17) is 15.0 Å². The maximum Gasteiger partial charge on any atom is 0.164 e. The molecule has 0 unspecified atom stereocenters. The first-order chi connectivity index (χ1) is 29.8. The molecule has 0 aliphatic heterocycles. The summed E-state index contributed by atoms with van der Waals surface area (Å²) in [4.78, 5) is 15.1. The van der Waals surface area contributed by atoms with Crippen LogP contribution in [0.1, 0.15) is 0 Å². The van der Waals surface area contributed by atoms with E-state index in [2.05, 4.69) is 161 Å².